The lowest BCUT2D eigenvalue weighted by molar-refractivity contribution is -0.135. The van der Waals surface area contributed by atoms with Gasteiger partial charge in [0.05, 0.1) is 25.4 Å². The molecule has 0 aromatic rings. The van der Waals surface area contributed by atoms with Gasteiger partial charge in [-0.2, -0.15) is 0 Å². The lowest BCUT2D eigenvalue weighted by Gasteiger charge is -2.33. The first-order valence-electron chi connectivity index (χ1n) is 5.95. The zero-order valence-electron chi connectivity index (χ0n) is 9.89. The van der Waals surface area contributed by atoms with Gasteiger partial charge in [0.25, 0.3) is 0 Å². The van der Waals surface area contributed by atoms with E-state index in [-0.39, 0.29) is 24.7 Å². The van der Waals surface area contributed by atoms with Crippen LogP contribution in [-0.2, 0) is 9.53 Å². The summed E-state index contributed by atoms with van der Waals surface area (Å²) in [6, 6.07) is -0.366. The maximum atomic E-state index is 11.8. The molecule has 5 nitrogen and oxygen atoms in total. The number of aliphatic hydroxyl groups is 1. The van der Waals surface area contributed by atoms with Crippen LogP contribution in [0.3, 0.4) is 0 Å². The number of amides is 1. The monoisotopic (exact) mass is 230 g/mol. The third-order valence-corrected chi connectivity index (χ3v) is 2.96. The van der Waals surface area contributed by atoms with Crippen LogP contribution in [0.4, 0.5) is 0 Å². The Morgan fingerprint density at radius 1 is 1.56 bits per heavy atom. The highest BCUT2D eigenvalue weighted by Crippen LogP contribution is 2.14. The SMILES string of the molecule is CC[C@H](N)C(=O)N1CCC(OCCO)CC1. The average Bonchev–Trinajstić information content (AvgIpc) is 2.35. The summed E-state index contributed by atoms with van der Waals surface area (Å²) < 4.78 is 5.43. The highest BCUT2D eigenvalue weighted by molar-refractivity contribution is 5.81. The Hall–Kier alpha value is -0.650. The third-order valence-electron chi connectivity index (χ3n) is 2.96. The predicted octanol–water partition coefficient (Wildman–Crippen LogP) is -0.276. The van der Waals surface area contributed by atoms with Gasteiger partial charge in [0.15, 0.2) is 0 Å². The fourth-order valence-electron chi connectivity index (χ4n) is 1.87. The number of hydrogen-bond acceptors (Lipinski definition) is 4. The van der Waals surface area contributed by atoms with E-state index in [1.807, 2.05) is 11.8 Å². The van der Waals surface area contributed by atoms with Crippen molar-refractivity contribution in [1.29, 1.82) is 0 Å². The minimum Gasteiger partial charge on any atom is -0.394 e. The Bertz CT molecular complexity index is 215. The molecular weight excluding hydrogens is 208 g/mol. The van der Waals surface area contributed by atoms with Gasteiger partial charge in [-0.1, -0.05) is 6.92 Å². The summed E-state index contributed by atoms with van der Waals surface area (Å²) in [7, 11) is 0. The van der Waals surface area contributed by atoms with Crippen molar-refractivity contribution >= 4 is 5.91 Å². The molecule has 1 fully saturated rings. The first-order valence-corrected chi connectivity index (χ1v) is 5.95. The van der Waals surface area contributed by atoms with E-state index in [0.717, 1.165) is 12.8 Å². The number of likely N-dealkylation sites (tertiary alicyclic amines) is 1. The van der Waals surface area contributed by atoms with Crippen molar-refractivity contribution in [2.45, 2.75) is 38.3 Å². The Morgan fingerprint density at radius 2 is 2.19 bits per heavy atom. The van der Waals surface area contributed by atoms with E-state index in [1.165, 1.54) is 0 Å². The first-order chi connectivity index (χ1) is 7.69. The smallest absolute Gasteiger partial charge is 0.239 e. The second-order valence-electron chi connectivity index (χ2n) is 4.13. The van der Waals surface area contributed by atoms with E-state index in [4.69, 9.17) is 15.6 Å². The quantitative estimate of drug-likeness (QED) is 0.681. The van der Waals surface area contributed by atoms with Crippen molar-refractivity contribution in [2.75, 3.05) is 26.3 Å². The molecule has 1 aliphatic rings. The maximum absolute atomic E-state index is 11.8. The maximum Gasteiger partial charge on any atom is 0.239 e. The first kappa shape index (κ1) is 13.4. The van der Waals surface area contributed by atoms with E-state index in [2.05, 4.69) is 0 Å². The Labute approximate surface area is 96.6 Å². The molecule has 0 saturated carbocycles. The molecule has 5 heteroatoms. The molecule has 3 N–H and O–H groups in total. The van der Waals surface area contributed by atoms with E-state index in [9.17, 15) is 4.79 Å². The van der Waals surface area contributed by atoms with Crippen LogP contribution in [0, 0.1) is 0 Å². The van der Waals surface area contributed by atoms with E-state index >= 15 is 0 Å². The molecular formula is C11H22N2O3. The lowest BCUT2D eigenvalue weighted by atomic mass is 10.1. The van der Waals surface area contributed by atoms with Crippen molar-refractivity contribution in [3.8, 4) is 0 Å². The van der Waals surface area contributed by atoms with Gasteiger partial charge in [-0.15, -0.1) is 0 Å². The van der Waals surface area contributed by atoms with Crippen molar-refractivity contribution in [2.24, 2.45) is 5.73 Å². The van der Waals surface area contributed by atoms with Gasteiger partial charge in [-0.3, -0.25) is 4.79 Å². The van der Waals surface area contributed by atoms with Crippen molar-refractivity contribution in [1.82, 2.24) is 4.90 Å². The molecule has 0 unspecified atom stereocenters. The number of aliphatic hydroxyl groups excluding tert-OH is 1. The highest BCUT2D eigenvalue weighted by atomic mass is 16.5. The zero-order valence-corrected chi connectivity index (χ0v) is 9.89. The van der Waals surface area contributed by atoms with Gasteiger partial charge < -0.3 is 20.5 Å². The molecule has 0 aromatic heterocycles. The topological polar surface area (TPSA) is 75.8 Å². The molecule has 0 radical (unpaired) electrons. The summed E-state index contributed by atoms with van der Waals surface area (Å²) in [5.74, 6) is 0.0445. The van der Waals surface area contributed by atoms with Crippen LogP contribution in [-0.4, -0.2) is 54.4 Å². The van der Waals surface area contributed by atoms with Gasteiger partial charge in [0.1, 0.15) is 0 Å². The van der Waals surface area contributed by atoms with Crippen molar-refractivity contribution in [3.05, 3.63) is 0 Å². The zero-order chi connectivity index (χ0) is 12.0. The predicted molar refractivity (Wildman–Crippen MR) is 60.9 cm³/mol. The van der Waals surface area contributed by atoms with Crippen molar-refractivity contribution < 1.29 is 14.6 Å². The summed E-state index contributed by atoms with van der Waals surface area (Å²) in [6.45, 7) is 3.78. The van der Waals surface area contributed by atoms with Gasteiger partial charge in [-0.05, 0) is 19.3 Å². The Balaban J connectivity index is 2.28. The molecule has 1 aliphatic heterocycles. The molecule has 1 rings (SSSR count). The number of nitrogens with zero attached hydrogens (tertiary/aromatic N) is 1. The number of nitrogens with two attached hydrogens (primary N) is 1. The van der Waals surface area contributed by atoms with Crippen LogP contribution in [0.2, 0.25) is 0 Å². The molecule has 0 bridgehead atoms. The van der Waals surface area contributed by atoms with Gasteiger partial charge in [0, 0.05) is 13.1 Å². The van der Waals surface area contributed by atoms with Crippen LogP contribution < -0.4 is 5.73 Å². The number of carbonyl (C=O) groups excluding carboxylic acids is 1. The molecule has 0 aliphatic carbocycles. The number of carbonyl (C=O) groups is 1. The molecule has 1 amide bonds. The summed E-state index contributed by atoms with van der Waals surface area (Å²) in [4.78, 5) is 13.6. The third kappa shape index (κ3) is 3.73. The lowest BCUT2D eigenvalue weighted by Crippen LogP contribution is -2.48. The second-order valence-corrected chi connectivity index (χ2v) is 4.13. The number of piperidine rings is 1. The van der Waals surface area contributed by atoms with Gasteiger partial charge in [0.2, 0.25) is 5.91 Å². The Morgan fingerprint density at radius 3 is 2.69 bits per heavy atom. The number of rotatable bonds is 5. The molecule has 16 heavy (non-hydrogen) atoms. The standard InChI is InChI=1S/C11H22N2O3/c1-2-10(12)11(15)13-5-3-9(4-6-13)16-8-7-14/h9-10,14H,2-8,12H2,1H3/t10-/m0/s1. The Kier molecular flexibility index (Phi) is 5.73. The molecule has 0 spiro atoms. The normalized spacial score (nSPS) is 19.8. The molecule has 1 heterocycles. The van der Waals surface area contributed by atoms with Crippen LogP contribution in [0.5, 0.6) is 0 Å². The number of hydrogen-bond donors (Lipinski definition) is 2. The van der Waals surface area contributed by atoms with E-state index in [1.54, 1.807) is 0 Å². The molecule has 1 saturated heterocycles. The summed E-state index contributed by atoms with van der Waals surface area (Å²) >= 11 is 0. The average molecular weight is 230 g/mol. The molecule has 0 aromatic carbocycles. The van der Waals surface area contributed by atoms with E-state index in [0.29, 0.717) is 26.1 Å². The summed E-state index contributed by atoms with van der Waals surface area (Å²) in [5, 5.41) is 8.64. The fourth-order valence-corrected chi connectivity index (χ4v) is 1.87. The number of ether oxygens (including phenoxy) is 1. The van der Waals surface area contributed by atoms with Crippen molar-refractivity contribution in [3.63, 3.8) is 0 Å². The second kappa shape index (κ2) is 6.83. The summed E-state index contributed by atoms with van der Waals surface area (Å²) in [5.41, 5.74) is 5.71. The van der Waals surface area contributed by atoms with Crippen LogP contribution in [0.1, 0.15) is 26.2 Å². The minimum absolute atomic E-state index is 0.0445. The van der Waals surface area contributed by atoms with Crippen LogP contribution in [0.25, 0.3) is 0 Å². The minimum atomic E-state index is -0.366. The van der Waals surface area contributed by atoms with Crippen LogP contribution >= 0.6 is 0 Å². The van der Waals surface area contributed by atoms with Crippen LogP contribution in [0.15, 0.2) is 0 Å². The van der Waals surface area contributed by atoms with E-state index < -0.39 is 0 Å². The molecule has 1 atom stereocenters. The largest absolute Gasteiger partial charge is 0.394 e. The summed E-state index contributed by atoms with van der Waals surface area (Å²) in [6.07, 6.45) is 2.53. The fraction of sp³-hybridized carbons (Fsp3) is 0.909. The van der Waals surface area contributed by atoms with Gasteiger partial charge in [-0.25, -0.2) is 0 Å². The van der Waals surface area contributed by atoms with Gasteiger partial charge >= 0.3 is 0 Å². The highest BCUT2D eigenvalue weighted by Gasteiger charge is 2.25. The molecule has 94 valence electrons.